The smallest absolute Gasteiger partial charge is 0.335 e. The van der Waals surface area contributed by atoms with Gasteiger partial charge in [-0.2, -0.15) is 5.26 Å². The minimum absolute atomic E-state index is 0.0301. The molecule has 30 heavy (non-hydrogen) atoms. The van der Waals surface area contributed by atoms with Crippen LogP contribution in [0.25, 0.3) is 0 Å². The first-order valence-electron chi connectivity index (χ1n) is 9.59. The van der Waals surface area contributed by atoms with E-state index < -0.39 is 23.9 Å². The molecule has 154 valence electrons. The van der Waals surface area contributed by atoms with Crippen LogP contribution in [0.2, 0.25) is 0 Å². The van der Waals surface area contributed by atoms with Crippen molar-refractivity contribution in [2.75, 3.05) is 16.8 Å². The standard InChI is InChI=1S/C21H19N3O5S/c1-11-20(26)24(15-7-6-12(21(27)28)8-16(15)29-11)10-18(25)23-19-14(9-22)13-4-2-3-5-17(13)30-19/h6-8,11H,2-5,10H2,1H3,(H,23,25)(H,27,28). The Morgan fingerprint density at radius 2 is 2.13 bits per heavy atom. The van der Waals surface area contributed by atoms with Crippen molar-refractivity contribution in [2.24, 2.45) is 0 Å². The lowest BCUT2D eigenvalue weighted by Crippen LogP contribution is -2.47. The number of carboxylic acid groups (broad SMARTS) is 1. The quantitative estimate of drug-likeness (QED) is 0.777. The number of carbonyl (C=O) groups is 3. The lowest BCUT2D eigenvalue weighted by Gasteiger charge is -2.32. The van der Waals surface area contributed by atoms with Gasteiger partial charge in [0.1, 0.15) is 23.4 Å². The van der Waals surface area contributed by atoms with Crippen molar-refractivity contribution < 1.29 is 24.2 Å². The molecule has 4 rings (SSSR count). The third-order valence-electron chi connectivity index (χ3n) is 5.25. The van der Waals surface area contributed by atoms with Gasteiger partial charge in [0.2, 0.25) is 5.91 Å². The minimum atomic E-state index is -1.11. The minimum Gasteiger partial charge on any atom is -0.479 e. The van der Waals surface area contributed by atoms with Crippen molar-refractivity contribution in [2.45, 2.75) is 38.7 Å². The van der Waals surface area contributed by atoms with Crippen molar-refractivity contribution in [1.29, 1.82) is 5.26 Å². The molecule has 0 radical (unpaired) electrons. The highest BCUT2D eigenvalue weighted by atomic mass is 32.1. The second kappa shape index (κ2) is 7.80. The predicted octanol–water partition coefficient (Wildman–Crippen LogP) is 2.95. The molecule has 0 bridgehead atoms. The number of carbonyl (C=O) groups excluding carboxylic acids is 2. The van der Waals surface area contributed by atoms with E-state index in [0.717, 1.165) is 36.1 Å². The Morgan fingerprint density at radius 3 is 2.87 bits per heavy atom. The molecule has 0 spiro atoms. The molecular weight excluding hydrogens is 406 g/mol. The van der Waals surface area contributed by atoms with Crippen molar-refractivity contribution in [3.63, 3.8) is 0 Å². The van der Waals surface area contributed by atoms with E-state index in [2.05, 4.69) is 11.4 Å². The Bertz CT molecular complexity index is 1100. The number of ether oxygens (including phenoxy) is 1. The highest BCUT2D eigenvalue weighted by Crippen LogP contribution is 2.38. The van der Waals surface area contributed by atoms with Crippen LogP contribution in [0.15, 0.2) is 18.2 Å². The Hall–Kier alpha value is -3.38. The monoisotopic (exact) mass is 425 g/mol. The van der Waals surface area contributed by atoms with Gasteiger partial charge in [0.15, 0.2) is 6.10 Å². The average Bonchev–Trinajstić information content (AvgIpc) is 3.07. The summed E-state index contributed by atoms with van der Waals surface area (Å²) in [7, 11) is 0. The molecule has 2 N–H and O–H groups in total. The molecular formula is C21H19N3O5S. The highest BCUT2D eigenvalue weighted by Gasteiger charge is 2.33. The van der Waals surface area contributed by atoms with Gasteiger partial charge in [-0.3, -0.25) is 14.5 Å². The molecule has 0 fully saturated rings. The normalized spacial score (nSPS) is 17.4. The number of hydrogen-bond acceptors (Lipinski definition) is 6. The first-order valence-corrected chi connectivity index (χ1v) is 10.4. The van der Waals surface area contributed by atoms with E-state index in [1.807, 2.05) is 0 Å². The summed E-state index contributed by atoms with van der Waals surface area (Å²) >= 11 is 1.42. The van der Waals surface area contributed by atoms with E-state index in [-0.39, 0.29) is 17.9 Å². The number of nitrogens with zero attached hydrogens (tertiary/aromatic N) is 2. The molecule has 2 heterocycles. The molecule has 1 unspecified atom stereocenters. The fraction of sp³-hybridized carbons (Fsp3) is 0.333. The summed E-state index contributed by atoms with van der Waals surface area (Å²) in [6, 6.07) is 6.36. The maximum Gasteiger partial charge on any atom is 0.335 e. The zero-order valence-corrected chi connectivity index (χ0v) is 17.0. The van der Waals surface area contributed by atoms with Gasteiger partial charge in [0, 0.05) is 4.88 Å². The van der Waals surface area contributed by atoms with Crippen LogP contribution >= 0.6 is 11.3 Å². The largest absolute Gasteiger partial charge is 0.479 e. The molecule has 8 nitrogen and oxygen atoms in total. The maximum absolute atomic E-state index is 12.8. The summed E-state index contributed by atoms with van der Waals surface area (Å²) in [6.07, 6.45) is 2.99. The van der Waals surface area contributed by atoms with Crippen LogP contribution in [0.1, 0.15) is 46.1 Å². The van der Waals surface area contributed by atoms with Gasteiger partial charge in [-0.1, -0.05) is 0 Å². The zero-order valence-electron chi connectivity index (χ0n) is 16.2. The number of rotatable bonds is 4. The zero-order chi connectivity index (χ0) is 21.4. The number of aryl methyl sites for hydroxylation is 1. The molecule has 0 saturated heterocycles. The molecule has 2 amide bonds. The summed E-state index contributed by atoms with van der Waals surface area (Å²) in [5.41, 5.74) is 1.90. The predicted molar refractivity (Wildman–Crippen MR) is 110 cm³/mol. The van der Waals surface area contributed by atoms with Crippen molar-refractivity contribution >= 4 is 39.8 Å². The molecule has 1 aromatic heterocycles. The fourth-order valence-electron chi connectivity index (χ4n) is 3.79. The topological polar surface area (TPSA) is 120 Å². The Kier molecular flexibility index (Phi) is 5.18. The maximum atomic E-state index is 12.8. The van der Waals surface area contributed by atoms with E-state index >= 15 is 0 Å². The van der Waals surface area contributed by atoms with E-state index in [0.29, 0.717) is 16.3 Å². The van der Waals surface area contributed by atoms with Gasteiger partial charge in [-0.15, -0.1) is 11.3 Å². The first kappa shape index (κ1) is 19.9. The Balaban J connectivity index is 1.58. The fourth-order valence-corrected chi connectivity index (χ4v) is 5.04. The Labute approximate surface area is 176 Å². The summed E-state index contributed by atoms with van der Waals surface area (Å²) in [6.45, 7) is 1.28. The van der Waals surface area contributed by atoms with Crippen LogP contribution in [0.5, 0.6) is 5.75 Å². The lowest BCUT2D eigenvalue weighted by molar-refractivity contribution is -0.127. The second-order valence-electron chi connectivity index (χ2n) is 7.25. The van der Waals surface area contributed by atoms with Crippen LogP contribution in [-0.4, -0.2) is 35.5 Å². The number of carboxylic acids is 1. The molecule has 1 aliphatic carbocycles. The summed E-state index contributed by atoms with van der Waals surface area (Å²) < 4.78 is 5.53. The van der Waals surface area contributed by atoms with Crippen LogP contribution in [-0.2, 0) is 22.4 Å². The van der Waals surface area contributed by atoms with Crippen LogP contribution < -0.4 is 15.0 Å². The molecule has 2 aliphatic rings. The summed E-state index contributed by atoms with van der Waals surface area (Å²) in [5, 5.41) is 22.0. The second-order valence-corrected chi connectivity index (χ2v) is 8.35. The number of thiophene rings is 1. The number of aromatic carboxylic acids is 1. The van der Waals surface area contributed by atoms with Crippen molar-refractivity contribution in [1.82, 2.24) is 0 Å². The van der Waals surface area contributed by atoms with Gasteiger partial charge in [0.25, 0.3) is 5.91 Å². The van der Waals surface area contributed by atoms with Crippen molar-refractivity contribution in [3.8, 4) is 11.8 Å². The highest BCUT2D eigenvalue weighted by molar-refractivity contribution is 7.16. The molecule has 0 saturated carbocycles. The van der Waals surface area contributed by atoms with Crippen LogP contribution in [0.3, 0.4) is 0 Å². The summed E-state index contributed by atoms with van der Waals surface area (Å²) in [4.78, 5) is 39.0. The Morgan fingerprint density at radius 1 is 1.37 bits per heavy atom. The van der Waals surface area contributed by atoms with Gasteiger partial charge >= 0.3 is 5.97 Å². The number of nitrogens with one attached hydrogen (secondary N) is 1. The van der Waals surface area contributed by atoms with Gasteiger partial charge in [0.05, 0.1) is 16.8 Å². The molecule has 1 aromatic carbocycles. The number of nitriles is 1. The van der Waals surface area contributed by atoms with E-state index in [1.165, 1.54) is 34.4 Å². The number of amides is 2. The van der Waals surface area contributed by atoms with E-state index in [4.69, 9.17) is 4.74 Å². The number of hydrogen-bond donors (Lipinski definition) is 2. The third-order valence-corrected chi connectivity index (χ3v) is 6.46. The SMILES string of the molecule is CC1Oc2cc(C(=O)O)ccc2N(CC(=O)Nc2sc3c(c2C#N)CCCC3)C1=O. The van der Waals surface area contributed by atoms with Crippen molar-refractivity contribution in [3.05, 3.63) is 39.8 Å². The molecule has 1 aliphatic heterocycles. The number of benzene rings is 1. The van der Waals surface area contributed by atoms with Gasteiger partial charge in [-0.25, -0.2) is 4.79 Å². The van der Waals surface area contributed by atoms with E-state index in [1.54, 1.807) is 6.92 Å². The van der Waals surface area contributed by atoms with Crippen LogP contribution in [0.4, 0.5) is 10.7 Å². The van der Waals surface area contributed by atoms with Gasteiger partial charge < -0.3 is 15.2 Å². The van der Waals surface area contributed by atoms with E-state index in [9.17, 15) is 24.8 Å². The first-order chi connectivity index (χ1) is 14.4. The lowest BCUT2D eigenvalue weighted by atomic mass is 9.96. The molecule has 1 atom stereocenters. The third kappa shape index (κ3) is 3.50. The molecule has 2 aromatic rings. The summed E-state index contributed by atoms with van der Waals surface area (Å²) in [5.74, 6) is -1.70. The van der Waals surface area contributed by atoms with Crippen LogP contribution in [0, 0.1) is 11.3 Å². The molecule has 9 heteroatoms. The average molecular weight is 425 g/mol. The number of fused-ring (bicyclic) bond motifs is 2. The number of anilines is 2. The van der Waals surface area contributed by atoms with Gasteiger partial charge in [-0.05, 0) is 56.4 Å².